The second kappa shape index (κ2) is 5.35. The summed E-state index contributed by atoms with van der Waals surface area (Å²) >= 11 is 0. The third-order valence-corrected chi connectivity index (χ3v) is 2.33. The molecule has 0 aliphatic carbocycles. The first kappa shape index (κ1) is 14.7. The number of carboxylic acids is 1. The van der Waals surface area contributed by atoms with Gasteiger partial charge in [0.05, 0.1) is 11.1 Å². The molecule has 0 fully saturated rings. The van der Waals surface area contributed by atoms with Crippen molar-refractivity contribution in [2.75, 3.05) is 0 Å². The van der Waals surface area contributed by atoms with Crippen LogP contribution in [0.25, 0.3) is 17.5 Å². The van der Waals surface area contributed by atoms with Crippen LogP contribution < -0.4 is 0 Å². The maximum Gasteiger partial charge on any atom is 0.416 e. The molecule has 0 amide bonds. The Morgan fingerprint density at radius 3 is 2.62 bits per heavy atom. The molecule has 0 aliphatic heterocycles. The Kier molecular flexibility index (Phi) is 3.74. The summed E-state index contributed by atoms with van der Waals surface area (Å²) in [6, 6.07) is 1.75. The zero-order valence-electron chi connectivity index (χ0n) is 10.1. The molecule has 1 heterocycles. The van der Waals surface area contributed by atoms with Crippen LogP contribution in [0.15, 0.2) is 28.7 Å². The third-order valence-electron chi connectivity index (χ3n) is 2.33. The lowest BCUT2D eigenvalue weighted by molar-refractivity contribution is -0.137. The monoisotopic (exact) mass is 302 g/mol. The van der Waals surface area contributed by atoms with Crippen molar-refractivity contribution >= 4 is 12.0 Å². The zero-order chi connectivity index (χ0) is 15.6. The molecule has 2 rings (SSSR count). The van der Waals surface area contributed by atoms with E-state index >= 15 is 0 Å². The van der Waals surface area contributed by atoms with E-state index in [-0.39, 0.29) is 5.89 Å². The van der Waals surface area contributed by atoms with Gasteiger partial charge in [0.25, 0.3) is 5.89 Å². The van der Waals surface area contributed by atoms with Crippen LogP contribution in [0.3, 0.4) is 0 Å². The average Bonchev–Trinajstić information content (AvgIpc) is 2.84. The van der Waals surface area contributed by atoms with Crippen LogP contribution in [0.2, 0.25) is 0 Å². The summed E-state index contributed by atoms with van der Waals surface area (Å²) in [6.07, 6.45) is -3.02. The average molecular weight is 302 g/mol. The van der Waals surface area contributed by atoms with Crippen LogP contribution in [-0.4, -0.2) is 21.3 Å². The molecule has 0 atom stereocenters. The second-order valence-corrected chi connectivity index (χ2v) is 3.81. The fourth-order valence-electron chi connectivity index (χ4n) is 1.42. The Morgan fingerprint density at radius 1 is 1.29 bits per heavy atom. The lowest BCUT2D eigenvalue weighted by Crippen LogP contribution is -2.05. The molecule has 0 unspecified atom stereocenters. The summed E-state index contributed by atoms with van der Waals surface area (Å²) in [4.78, 5) is 10.3. The first-order chi connectivity index (χ1) is 9.77. The van der Waals surface area contributed by atoms with Gasteiger partial charge in [0.1, 0.15) is 5.82 Å². The van der Waals surface area contributed by atoms with Gasteiger partial charge >= 0.3 is 12.1 Å². The minimum atomic E-state index is -4.64. The molecule has 5 nitrogen and oxygen atoms in total. The van der Waals surface area contributed by atoms with Crippen molar-refractivity contribution in [1.82, 2.24) is 10.2 Å². The van der Waals surface area contributed by atoms with E-state index in [1.165, 1.54) is 0 Å². The molecule has 0 bridgehead atoms. The first-order valence-electron chi connectivity index (χ1n) is 5.39. The van der Waals surface area contributed by atoms with E-state index in [1.807, 2.05) is 0 Å². The van der Waals surface area contributed by atoms with Gasteiger partial charge in [-0.1, -0.05) is 0 Å². The number of carboxylic acid groups (broad SMARTS) is 1. The number of carbonyl (C=O) groups is 1. The number of halogens is 4. The molecule has 0 saturated heterocycles. The summed E-state index contributed by atoms with van der Waals surface area (Å²) in [7, 11) is 0. The van der Waals surface area contributed by atoms with Gasteiger partial charge < -0.3 is 9.52 Å². The molecule has 1 aromatic carbocycles. The fourth-order valence-corrected chi connectivity index (χ4v) is 1.42. The van der Waals surface area contributed by atoms with E-state index in [0.717, 1.165) is 6.08 Å². The highest BCUT2D eigenvalue weighted by Gasteiger charge is 2.31. The van der Waals surface area contributed by atoms with Crippen molar-refractivity contribution < 1.29 is 31.9 Å². The summed E-state index contributed by atoms with van der Waals surface area (Å²) in [6.45, 7) is 0. The number of alkyl halides is 3. The number of hydrogen-bond donors (Lipinski definition) is 1. The molecule has 0 aliphatic rings. The number of aliphatic carboxylic acids is 1. The van der Waals surface area contributed by atoms with Crippen LogP contribution in [0.1, 0.15) is 11.5 Å². The van der Waals surface area contributed by atoms with Crippen molar-refractivity contribution in [3.8, 4) is 11.5 Å². The Bertz CT molecular complexity index is 707. The van der Waals surface area contributed by atoms with Crippen molar-refractivity contribution in [1.29, 1.82) is 0 Å². The van der Waals surface area contributed by atoms with E-state index in [0.29, 0.717) is 24.3 Å². The molecule has 0 saturated carbocycles. The summed E-state index contributed by atoms with van der Waals surface area (Å²) in [5, 5.41) is 15.2. The van der Waals surface area contributed by atoms with Gasteiger partial charge in [-0.05, 0) is 18.2 Å². The predicted octanol–water partition coefficient (Wildman–Crippen LogP) is 2.99. The standard InChI is InChI=1S/C12H6F4N2O3/c13-8-2-1-6(12(14,15)16)5-7(8)11-18-17-9(21-11)3-4-10(19)20/h1-5H,(H,19,20)/b4-3+. The number of aromatic nitrogens is 2. The van der Waals surface area contributed by atoms with Crippen LogP contribution in [0.4, 0.5) is 17.6 Å². The van der Waals surface area contributed by atoms with Crippen molar-refractivity contribution in [3.05, 3.63) is 41.5 Å². The molecule has 9 heteroatoms. The maximum absolute atomic E-state index is 13.6. The smallest absolute Gasteiger partial charge is 0.416 e. The van der Waals surface area contributed by atoms with Crippen molar-refractivity contribution in [2.24, 2.45) is 0 Å². The molecule has 1 N–H and O–H groups in total. The third kappa shape index (κ3) is 3.44. The number of rotatable bonds is 3. The molecule has 2 aromatic rings. The van der Waals surface area contributed by atoms with Gasteiger partial charge in [-0.2, -0.15) is 13.2 Å². The lowest BCUT2D eigenvalue weighted by Gasteiger charge is -2.07. The highest BCUT2D eigenvalue weighted by molar-refractivity contribution is 5.84. The Hall–Kier alpha value is -2.71. The van der Waals surface area contributed by atoms with Gasteiger partial charge in [0.2, 0.25) is 5.89 Å². The number of hydrogen-bond acceptors (Lipinski definition) is 4. The summed E-state index contributed by atoms with van der Waals surface area (Å²) < 4.78 is 56.1. The van der Waals surface area contributed by atoms with E-state index in [2.05, 4.69) is 10.2 Å². The normalized spacial score (nSPS) is 12.0. The zero-order valence-corrected chi connectivity index (χ0v) is 10.1. The largest absolute Gasteiger partial charge is 0.478 e. The predicted molar refractivity (Wildman–Crippen MR) is 61.4 cm³/mol. The molecule has 0 spiro atoms. The topological polar surface area (TPSA) is 76.2 Å². The minimum Gasteiger partial charge on any atom is -0.478 e. The quantitative estimate of drug-likeness (QED) is 0.696. The second-order valence-electron chi connectivity index (χ2n) is 3.81. The Balaban J connectivity index is 2.40. The highest BCUT2D eigenvalue weighted by atomic mass is 19.4. The van der Waals surface area contributed by atoms with Crippen LogP contribution in [-0.2, 0) is 11.0 Å². The summed E-state index contributed by atoms with van der Waals surface area (Å²) in [5.41, 5.74) is -1.59. The van der Waals surface area contributed by atoms with Gasteiger partial charge in [0, 0.05) is 12.2 Å². The number of nitrogens with zero attached hydrogens (tertiary/aromatic N) is 2. The number of benzene rings is 1. The molecule has 0 radical (unpaired) electrons. The van der Waals surface area contributed by atoms with Crippen LogP contribution >= 0.6 is 0 Å². The fraction of sp³-hybridized carbons (Fsp3) is 0.0833. The SMILES string of the molecule is O=C(O)/C=C/c1nnc(-c2cc(C(F)(F)F)ccc2F)o1. The van der Waals surface area contributed by atoms with Gasteiger partial charge in [-0.3, -0.25) is 0 Å². The van der Waals surface area contributed by atoms with Crippen LogP contribution in [0, 0.1) is 5.82 Å². The first-order valence-corrected chi connectivity index (χ1v) is 5.39. The van der Waals surface area contributed by atoms with Crippen molar-refractivity contribution in [3.63, 3.8) is 0 Å². The molecule has 1 aromatic heterocycles. The lowest BCUT2D eigenvalue weighted by atomic mass is 10.1. The Labute approximate surface area is 114 Å². The highest BCUT2D eigenvalue weighted by Crippen LogP contribution is 2.33. The van der Waals surface area contributed by atoms with E-state index in [4.69, 9.17) is 9.52 Å². The molecule has 21 heavy (non-hydrogen) atoms. The maximum atomic E-state index is 13.6. The van der Waals surface area contributed by atoms with E-state index in [9.17, 15) is 22.4 Å². The summed E-state index contributed by atoms with van der Waals surface area (Å²) in [5.74, 6) is -3.01. The molecule has 110 valence electrons. The molecular formula is C12H6F4N2O3. The molecular weight excluding hydrogens is 296 g/mol. The van der Waals surface area contributed by atoms with Gasteiger partial charge in [-0.15, -0.1) is 10.2 Å². The van der Waals surface area contributed by atoms with E-state index in [1.54, 1.807) is 0 Å². The Morgan fingerprint density at radius 2 is 2.00 bits per heavy atom. The van der Waals surface area contributed by atoms with E-state index < -0.39 is 35.0 Å². The van der Waals surface area contributed by atoms with Crippen molar-refractivity contribution in [2.45, 2.75) is 6.18 Å². The van der Waals surface area contributed by atoms with Gasteiger partial charge in [-0.25, -0.2) is 9.18 Å². The minimum absolute atomic E-state index is 0.274. The van der Waals surface area contributed by atoms with Gasteiger partial charge in [0.15, 0.2) is 0 Å². The van der Waals surface area contributed by atoms with Crippen LogP contribution in [0.5, 0.6) is 0 Å².